The van der Waals surface area contributed by atoms with Gasteiger partial charge in [0.15, 0.2) is 0 Å². The Morgan fingerprint density at radius 3 is 2.14 bits per heavy atom. The van der Waals surface area contributed by atoms with E-state index in [0.29, 0.717) is 0 Å². The lowest BCUT2D eigenvalue weighted by atomic mass is 9.98. The van der Waals surface area contributed by atoms with E-state index in [9.17, 15) is 8.78 Å². The molecule has 0 N–H and O–H groups in total. The van der Waals surface area contributed by atoms with Gasteiger partial charge in [-0.15, -0.1) is 0 Å². The van der Waals surface area contributed by atoms with E-state index in [1.54, 1.807) is 0 Å². The maximum Gasteiger partial charge on any atom is 0.275 e. The van der Waals surface area contributed by atoms with Gasteiger partial charge in [0.05, 0.1) is 10.0 Å². The summed E-state index contributed by atoms with van der Waals surface area (Å²) in [6.45, 7) is 2.92. The van der Waals surface area contributed by atoms with Crippen molar-refractivity contribution >= 4 is 23.2 Å². The van der Waals surface area contributed by atoms with E-state index in [1.165, 1.54) is 32.0 Å². The Morgan fingerprint density at radius 1 is 1.14 bits per heavy atom. The molecule has 1 aromatic carbocycles. The molecule has 0 nitrogen and oxygen atoms in total. The van der Waals surface area contributed by atoms with Gasteiger partial charge in [-0.3, -0.25) is 0 Å². The second-order valence-electron chi connectivity index (χ2n) is 3.41. The lowest BCUT2D eigenvalue weighted by Crippen LogP contribution is -2.20. The SMILES string of the molecule is CC(C)C(F)(F)c1ccc(Cl)c(Cl)c1. The summed E-state index contributed by atoms with van der Waals surface area (Å²) < 4.78 is 27.0. The van der Waals surface area contributed by atoms with Crippen LogP contribution in [-0.4, -0.2) is 0 Å². The van der Waals surface area contributed by atoms with Crippen LogP contribution in [0.15, 0.2) is 18.2 Å². The number of hydrogen-bond donors (Lipinski definition) is 0. The smallest absolute Gasteiger partial charge is 0.201 e. The Bertz CT molecular complexity index is 335. The average Bonchev–Trinajstić information content (AvgIpc) is 2.09. The van der Waals surface area contributed by atoms with Crippen LogP contribution in [0.4, 0.5) is 8.78 Å². The van der Waals surface area contributed by atoms with E-state index in [1.807, 2.05) is 0 Å². The van der Waals surface area contributed by atoms with Crippen molar-refractivity contribution in [1.29, 1.82) is 0 Å². The maximum absolute atomic E-state index is 13.5. The molecule has 0 aliphatic carbocycles. The van der Waals surface area contributed by atoms with Crippen LogP contribution in [-0.2, 0) is 5.92 Å². The van der Waals surface area contributed by atoms with Gasteiger partial charge >= 0.3 is 0 Å². The number of hydrogen-bond acceptors (Lipinski definition) is 0. The van der Waals surface area contributed by atoms with E-state index in [2.05, 4.69) is 0 Å². The van der Waals surface area contributed by atoms with Gasteiger partial charge in [0.1, 0.15) is 0 Å². The predicted molar refractivity (Wildman–Crippen MR) is 55.2 cm³/mol. The highest BCUT2D eigenvalue weighted by Crippen LogP contribution is 2.37. The van der Waals surface area contributed by atoms with Crippen LogP contribution in [0.25, 0.3) is 0 Å². The fraction of sp³-hybridized carbons (Fsp3) is 0.400. The average molecular weight is 239 g/mol. The molecular formula is C10H10Cl2F2. The van der Waals surface area contributed by atoms with Crippen LogP contribution >= 0.6 is 23.2 Å². The Labute approximate surface area is 91.8 Å². The summed E-state index contributed by atoms with van der Waals surface area (Å²) in [6.07, 6.45) is 0. The molecule has 0 fully saturated rings. The third kappa shape index (κ3) is 2.18. The van der Waals surface area contributed by atoms with Crippen molar-refractivity contribution < 1.29 is 8.78 Å². The Morgan fingerprint density at radius 2 is 1.71 bits per heavy atom. The Balaban J connectivity index is 3.14. The summed E-state index contributed by atoms with van der Waals surface area (Å²) in [6, 6.07) is 3.90. The summed E-state index contributed by atoms with van der Waals surface area (Å²) in [5.74, 6) is -3.63. The van der Waals surface area contributed by atoms with Crippen LogP contribution in [0.3, 0.4) is 0 Å². The summed E-state index contributed by atoms with van der Waals surface area (Å²) in [7, 11) is 0. The molecule has 0 saturated carbocycles. The molecule has 0 bridgehead atoms. The lowest BCUT2D eigenvalue weighted by molar-refractivity contribution is -0.0513. The lowest BCUT2D eigenvalue weighted by Gasteiger charge is -2.20. The first kappa shape index (κ1) is 11.7. The van der Waals surface area contributed by atoms with Crippen LogP contribution in [0.1, 0.15) is 19.4 Å². The third-order valence-corrected chi connectivity index (χ3v) is 2.77. The quantitative estimate of drug-likeness (QED) is 0.699. The van der Waals surface area contributed by atoms with Gasteiger partial charge in [0.25, 0.3) is 5.92 Å². The first-order valence-electron chi connectivity index (χ1n) is 4.19. The molecule has 78 valence electrons. The standard InChI is InChI=1S/C10H10Cl2F2/c1-6(2)10(13,14)7-3-4-8(11)9(12)5-7/h3-6H,1-2H3. The Hall–Kier alpha value is -0.340. The first-order chi connectivity index (χ1) is 6.35. The van der Waals surface area contributed by atoms with E-state index in [-0.39, 0.29) is 15.6 Å². The minimum atomic E-state index is -2.87. The number of benzene rings is 1. The molecular weight excluding hydrogens is 229 g/mol. The van der Waals surface area contributed by atoms with Gasteiger partial charge in [0, 0.05) is 11.5 Å². The van der Waals surface area contributed by atoms with Crippen molar-refractivity contribution in [2.24, 2.45) is 5.92 Å². The highest BCUT2D eigenvalue weighted by atomic mass is 35.5. The monoisotopic (exact) mass is 238 g/mol. The van der Waals surface area contributed by atoms with Crippen molar-refractivity contribution in [2.45, 2.75) is 19.8 Å². The zero-order chi connectivity index (χ0) is 10.9. The van der Waals surface area contributed by atoms with E-state index >= 15 is 0 Å². The van der Waals surface area contributed by atoms with Gasteiger partial charge in [-0.05, 0) is 12.1 Å². The minimum absolute atomic E-state index is 0.0955. The van der Waals surface area contributed by atoms with Crippen LogP contribution in [0, 0.1) is 5.92 Å². The molecule has 1 rings (SSSR count). The van der Waals surface area contributed by atoms with E-state index in [4.69, 9.17) is 23.2 Å². The molecule has 0 saturated heterocycles. The van der Waals surface area contributed by atoms with Crippen molar-refractivity contribution in [3.05, 3.63) is 33.8 Å². The predicted octanol–water partition coefficient (Wildman–Crippen LogP) is 4.74. The van der Waals surface area contributed by atoms with Crippen molar-refractivity contribution in [3.63, 3.8) is 0 Å². The molecule has 0 aliphatic heterocycles. The summed E-state index contributed by atoms with van der Waals surface area (Å²) in [5, 5.41) is 0.444. The highest BCUT2D eigenvalue weighted by Gasteiger charge is 2.35. The summed E-state index contributed by atoms with van der Waals surface area (Å²) >= 11 is 11.3. The van der Waals surface area contributed by atoms with Crippen molar-refractivity contribution in [3.8, 4) is 0 Å². The fourth-order valence-electron chi connectivity index (χ4n) is 1.04. The molecule has 1 aromatic rings. The molecule has 0 spiro atoms. The van der Waals surface area contributed by atoms with E-state index < -0.39 is 11.8 Å². The minimum Gasteiger partial charge on any atom is -0.201 e. The van der Waals surface area contributed by atoms with Crippen molar-refractivity contribution in [1.82, 2.24) is 0 Å². The normalized spacial score (nSPS) is 12.2. The van der Waals surface area contributed by atoms with Crippen molar-refractivity contribution in [2.75, 3.05) is 0 Å². The maximum atomic E-state index is 13.5. The molecule has 0 aliphatic rings. The molecule has 0 heterocycles. The van der Waals surface area contributed by atoms with Gasteiger partial charge in [-0.1, -0.05) is 43.1 Å². The summed E-state index contributed by atoms with van der Waals surface area (Å²) in [5.41, 5.74) is -0.0955. The van der Waals surface area contributed by atoms with Gasteiger partial charge in [-0.25, -0.2) is 8.78 Å². The topological polar surface area (TPSA) is 0 Å². The molecule has 0 atom stereocenters. The zero-order valence-corrected chi connectivity index (χ0v) is 9.33. The van der Waals surface area contributed by atoms with E-state index in [0.717, 1.165) is 0 Å². The van der Waals surface area contributed by atoms with Crippen LogP contribution in [0.2, 0.25) is 10.0 Å². The van der Waals surface area contributed by atoms with Gasteiger partial charge < -0.3 is 0 Å². The second kappa shape index (κ2) is 4.03. The molecule has 0 radical (unpaired) electrons. The number of alkyl halides is 2. The van der Waals surface area contributed by atoms with Gasteiger partial charge in [-0.2, -0.15) is 0 Å². The zero-order valence-electron chi connectivity index (χ0n) is 7.82. The Kier molecular flexibility index (Phi) is 3.38. The molecule has 14 heavy (non-hydrogen) atoms. The van der Waals surface area contributed by atoms with Crippen LogP contribution in [0.5, 0.6) is 0 Å². The number of rotatable bonds is 2. The molecule has 4 heteroatoms. The second-order valence-corrected chi connectivity index (χ2v) is 4.22. The first-order valence-corrected chi connectivity index (χ1v) is 4.94. The largest absolute Gasteiger partial charge is 0.275 e. The molecule has 0 unspecified atom stereocenters. The number of halogens is 4. The molecule has 0 amide bonds. The summed E-state index contributed by atoms with van der Waals surface area (Å²) in [4.78, 5) is 0. The van der Waals surface area contributed by atoms with Gasteiger partial charge in [0.2, 0.25) is 0 Å². The fourth-order valence-corrected chi connectivity index (χ4v) is 1.33. The third-order valence-electron chi connectivity index (χ3n) is 2.03. The van der Waals surface area contributed by atoms with Crippen LogP contribution < -0.4 is 0 Å². The molecule has 0 aromatic heterocycles. The highest BCUT2D eigenvalue weighted by molar-refractivity contribution is 6.42.